The molecule has 2 aliphatic heterocycles. The summed E-state index contributed by atoms with van der Waals surface area (Å²) >= 11 is 0. The predicted molar refractivity (Wildman–Crippen MR) is 145 cm³/mol. The highest BCUT2D eigenvalue weighted by Crippen LogP contribution is 2.25. The van der Waals surface area contributed by atoms with Crippen LogP contribution >= 0.6 is 0 Å². The van der Waals surface area contributed by atoms with E-state index in [2.05, 4.69) is 52.3 Å². The van der Waals surface area contributed by atoms with E-state index in [1.807, 2.05) is 12.1 Å². The molecule has 0 spiro atoms. The van der Waals surface area contributed by atoms with Crippen LogP contribution in [0.25, 0.3) is 0 Å². The number of benzene rings is 2. The van der Waals surface area contributed by atoms with E-state index in [9.17, 15) is 14.4 Å². The summed E-state index contributed by atoms with van der Waals surface area (Å²) in [4.78, 5) is 36.6. The lowest BCUT2D eigenvalue weighted by molar-refractivity contribution is -0.134. The third-order valence-corrected chi connectivity index (χ3v) is 7.00. The van der Waals surface area contributed by atoms with Crippen LogP contribution in [0.4, 0.5) is 5.69 Å². The molecule has 7 heteroatoms. The lowest BCUT2D eigenvalue weighted by atomic mass is 9.90. The van der Waals surface area contributed by atoms with Gasteiger partial charge in [-0.05, 0) is 87.4 Å². The molecule has 2 fully saturated rings. The molecule has 0 aliphatic carbocycles. The quantitative estimate of drug-likeness (QED) is 0.335. The first kappa shape index (κ1) is 28.1. The molecule has 0 unspecified atom stereocenters. The van der Waals surface area contributed by atoms with Crippen molar-refractivity contribution in [1.82, 2.24) is 4.90 Å². The summed E-state index contributed by atoms with van der Waals surface area (Å²) in [7, 11) is 0. The summed E-state index contributed by atoms with van der Waals surface area (Å²) in [5.41, 5.74) is 3.55. The molecular formula is C30H38N2O5. The lowest BCUT2D eigenvalue weighted by Gasteiger charge is -2.32. The molecule has 0 atom stereocenters. The van der Waals surface area contributed by atoms with Gasteiger partial charge in [0.15, 0.2) is 5.78 Å². The fraction of sp³-hybridized carbons (Fsp3) is 0.433. The summed E-state index contributed by atoms with van der Waals surface area (Å²) < 4.78 is 0. The number of anilines is 1. The molecule has 2 heterocycles. The van der Waals surface area contributed by atoms with Crippen LogP contribution in [0.5, 0.6) is 0 Å². The number of carboxylic acid groups (broad SMARTS) is 2. The summed E-state index contributed by atoms with van der Waals surface area (Å²) in [6, 6.07) is 19.1. The molecule has 2 aromatic carbocycles. The van der Waals surface area contributed by atoms with E-state index in [1.165, 1.54) is 56.4 Å². The van der Waals surface area contributed by atoms with Crippen molar-refractivity contribution in [3.63, 3.8) is 0 Å². The topological polar surface area (TPSA) is 98.2 Å². The Kier molecular flexibility index (Phi) is 11.4. The molecule has 0 amide bonds. The van der Waals surface area contributed by atoms with Crippen molar-refractivity contribution in [2.75, 3.05) is 31.1 Å². The van der Waals surface area contributed by atoms with Gasteiger partial charge < -0.3 is 15.1 Å². The summed E-state index contributed by atoms with van der Waals surface area (Å²) in [5, 5.41) is 15.6. The normalized spacial score (nSPS) is 16.4. The van der Waals surface area contributed by atoms with Gasteiger partial charge in [-0.1, -0.05) is 30.3 Å². The first-order chi connectivity index (χ1) is 17.9. The molecule has 0 radical (unpaired) electrons. The fourth-order valence-electron chi connectivity index (χ4n) is 4.95. The Morgan fingerprint density at radius 1 is 0.811 bits per heavy atom. The van der Waals surface area contributed by atoms with Crippen molar-refractivity contribution < 1.29 is 24.6 Å². The Labute approximate surface area is 219 Å². The van der Waals surface area contributed by atoms with Gasteiger partial charge in [0, 0.05) is 49.5 Å². The number of aliphatic carboxylic acids is 2. The van der Waals surface area contributed by atoms with Gasteiger partial charge in [-0.3, -0.25) is 9.69 Å². The number of nitrogens with zero attached hydrogens (tertiary/aromatic N) is 2. The smallest absolute Gasteiger partial charge is 0.328 e. The van der Waals surface area contributed by atoms with Gasteiger partial charge in [-0.25, -0.2) is 9.59 Å². The second-order valence-electron chi connectivity index (χ2n) is 9.77. The monoisotopic (exact) mass is 506 g/mol. The Morgan fingerprint density at radius 2 is 1.41 bits per heavy atom. The molecule has 37 heavy (non-hydrogen) atoms. The molecule has 2 aliphatic rings. The van der Waals surface area contributed by atoms with Gasteiger partial charge in [0.2, 0.25) is 0 Å². The van der Waals surface area contributed by atoms with Gasteiger partial charge in [0.25, 0.3) is 0 Å². The van der Waals surface area contributed by atoms with Crippen LogP contribution in [-0.4, -0.2) is 59.0 Å². The van der Waals surface area contributed by atoms with Crippen LogP contribution in [0.15, 0.2) is 66.7 Å². The Bertz CT molecular complexity index is 1010. The SMILES string of the molecule is O=C(CCCC1CCN(Cc2ccccc2)CC1)c1ccc(N2CCCC2)cc1.O=C(O)C=CC(=O)O. The van der Waals surface area contributed by atoms with Crippen molar-refractivity contribution in [3.05, 3.63) is 77.9 Å². The van der Waals surface area contributed by atoms with Crippen LogP contribution in [0.1, 0.15) is 60.9 Å². The van der Waals surface area contributed by atoms with E-state index in [0.29, 0.717) is 24.4 Å². The number of carboxylic acids is 2. The van der Waals surface area contributed by atoms with Gasteiger partial charge >= 0.3 is 11.9 Å². The minimum atomic E-state index is -1.26. The van der Waals surface area contributed by atoms with Gasteiger partial charge in [-0.15, -0.1) is 0 Å². The first-order valence-electron chi connectivity index (χ1n) is 13.2. The Balaban J connectivity index is 0.000000414. The van der Waals surface area contributed by atoms with Crippen molar-refractivity contribution >= 4 is 23.4 Å². The summed E-state index contributed by atoms with van der Waals surface area (Å²) in [5.74, 6) is -1.42. The number of rotatable bonds is 10. The van der Waals surface area contributed by atoms with Gasteiger partial charge in [0.1, 0.15) is 0 Å². The highest BCUT2D eigenvalue weighted by atomic mass is 16.4. The average molecular weight is 507 g/mol. The van der Waals surface area contributed by atoms with Crippen molar-refractivity contribution in [3.8, 4) is 0 Å². The largest absolute Gasteiger partial charge is 0.478 e. The standard InChI is InChI=1S/C26H34N2O.C4H4O4/c29-26(24-11-13-25(14-12-24)28-17-4-5-18-28)10-6-9-22-15-19-27(20-16-22)21-23-7-2-1-3-8-23;5-3(6)1-2-4(7)8/h1-3,7-8,11-14,22H,4-6,9-10,15-21H2;1-2H,(H,5,6)(H,7,8). The molecule has 2 saturated heterocycles. The Morgan fingerprint density at radius 3 is 1.97 bits per heavy atom. The average Bonchev–Trinajstić information content (AvgIpc) is 3.45. The number of carbonyl (C=O) groups excluding carboxylic acids is 1. The summed E-state index contributed by atoms with van der Waals surface area (Å²) in [6.07, 6.45) is 9.12. The Hall–Kier alpha value is -3.45. The van der Waals surface area contributed by atoms with E-state index in [0.717, 1.165) is 37.5 Å². The second-order valence-corrected chi connectivity index (χ2v) is 9.77. The molecular weight excluding hydrogens is 468 g/mol. The molecule has 0 aromatic heterocycles. The van der Waals surface area contributed by atoms with Crippen LogP contribution < -0.4 is 4.90 Å². The maximum Gasteiger partial charge on any atom is 0.328 e. The zero-order valence-corrected chi connectivity index (χ0v) is 21.4. The summed E-state index contributed by atoms with van der Waals surface area (Å²) in [6.45, 7) is 5.74. The number of piperidine rings is 1. The maximum atomic E-state index is 12.6. The second kappa shape index (κ2) is 15.0. The molecule has 0 saturated carbocycles. The van der Waals surface area contributed by atoms with E-state index < -0.39 is 11.9 Å². The van der Waals surface area contributed by atoms with Crippen LogP contribution in [0.3, 0.4) is 0 Å². The van der Waals surface area contributed by atoms with E-state index in [4.69, 9.17) is 10.2 Å². The van der Waals surface area contributed by atoms with Crippen molar-refractivity contribution in [2.45, 2.75) is 51.5 Å². The number of hydrogen-bond donors (Lipinski definition) is 2. The van der Waals surface area contributed by atoms with Crippen molar-refractivity contribution in [1.29, 1.82) is 0 Å². The number of carbonyl (C=O) groups is 3. The molecule has 198 valence electrons. The third-order valence-electron chi connectivity index (χ3n) is 7.00. The molecule has 4 rings (SSSR count). The first-order valence-corrected chi connectivity index (χ1v) is 13.2. The number of likely N-dealkylation sites (tertiary alicyclic amines) is 1. The van der Waals surface area contributed by atoms with E-state index >= 15 is 0 Å². The van der Waals surface area contributed by atoms with E-state index in [1.54, 1.807) is 0 Å². The molecule has 2 N–H and O–H groups in total. The molecule has 0 bridgehead atoms. The van der Waals surface area contributed by atoms with Crippen LogP contribution in [0.2, 0.25) is 0 Å². The maximum absolute atomic E-state index is 12.6. The minimum absolute atomic E-state index is 0.305. The number of ketones is 1. The number of hydrogen-bond acceptors (Lipinski definition) is 5. The zero-order valence-electron chi connectivity index (χ0n) is 21.4. The highest BCUT2D eigenvalue weighted by Gasteiger charge is 2.19. The fourth-order valence-corrected chi connectivity index (χ4v) is 4.95. The minimum Gasteiger partial charge on any atom is -0.478 e. The number of Topliss-reactive ketones (excluding diaryl/α,β-unsaturated/α-hetero) is 1. The van der Waals surface area contributed by atoms with Gasteiger partial charge in [0.05, 0.1) is 0 Å². The van der Waals surface area contributed by atoms with Crippen LogP contribution in [-0.2, 0) is 16.1 Å². The molecule has 7 nitrogen and oxygen atoms in total. The third kappa shape index (κ3) is 10.2. The van der Waals surface area contributed by atoms with Crippen LogP contribution in [0, 0.1) is 5.92 Å². The van der Waals surface area contributed by atoms with Crippen molar-refractivity contribution in [2.24, 2.45) is 5.92 Å². The highest BCUT2D eigenvalue weighted by molar-refractivity contribution is 5.96. The van der Waals surface area contributed by atoms with Gasteiger partial charge in [-0.2, -0.15) is 0 Å². The van der Waals surface area contributed by atoms with E-state index in [-0.39, 0.29) is 0 Å². The predicted octanol–water partition coefficient (Wildman–Crippen LogP) is 5.26. The zero-order chi connectivity index (χ0) is 26.5. The molecule has 2 aromatic rings. The lowest BCUT2D eigenvalue weighted by Crippen LogP contribution is -2.33.